The minimum absolute atomic E-state index is 0.0399. The number of nitrogens with zero attached hydrogens (tertiary/aromatic N) is 2. The Morgan fingerprint density at radius 3 is 2.49 bits per heavy atom. The number of fused-ring (bicyclic) bond motifs is 1. The molecule has 2 heterocycles. The van der Waals surface area contributed by atoms with Crippen LogP contribution in [0.4, 0.5) is 13.9 Å². The van der Waals surface area contributed by atoms with E-state index in [-0.39, 0.29) is 26.7 Å². The molecule has 1 aliphatic rings. The first kappa shape index (κ1) is 22.9. The fourth-order valence-electron chi connectivity index (χ4n) is 4.37. The Hall–Kier alpha value is -3.91. The molecular formula is C27H20F2N2O3S. The van der Waals surface area contributed by atoms with Gasteiger partial charge in [-0.3, -0.25) is 14.5 Å². The van der Waals surface area contributed by atoms with E-state index in [0.29, 0.717) is 11.1 Å². The number of halogens is 2. The molecule has 1 amide bonds. The molecule has 1 aromatic heterocycles. The zero-order valence-electron chi connectivity index (χ0n) is 19.1. The number of Topliss-reactive ketones (excluding diaryl/α,β-unsaturated/α-hetero) is 1. The van der Waals surface area contributed by atoms with Crippen molar-refractivity contribution in [1.82, 2.24) is 4.98 Å². The summed E-state index contributed by atoms with van der Waals surface area (Å²) in [6, 6.07) is 13.5. The minimum atomic E-state index is -0.997. The highest BCUT2D eigenvalue weighted by Crippen LogP contribution is 2.45. The molecule has 0 radical (unpaired) electrons. The molecule has 1 saturated heterocycles. The SMILES string of the molecule is Cc1cccc(C2/C(=C(\O)c3cc(C)ccc3C)C(=O)C(=O)N2c2nc3c(F)cc(F)cc3s2)c1. The van der Waals surface area contributed by atoms with Crippen molar-refractivity contribution in [3.63, 3.8) is 0 Å². The van der Waals surface area contributed by atoms with Gasteiger partial charge in [0.05, 0.1) is 16.3 Å². The van der Waals surface area contributed by atoms with Crippen molar-refractivity contribution in [2.24, 2.45) is 0 Å². The maximum atomic E-state index is 14.4. The van der Waals surface area contributed by atoms with Crippen LogP contribution < -0.4 is 4.90 Å². The fourth-order valence-corrected chi connectivity index (χ4v) is 5.40. The van der Waals surface area contributed by atoms with Crippen LogP contribution in [0.15, 0.2) is 60.2 Å². The maximum Gasteiger partial charge on any atom is 0.301 e. The second kappa shape index (κ2) is 8.39. The molecule has 0 bridgehead atoms. The third-order valence-electron chi connectivity index (χ3n) is 6.06. The van der Waals surface area contributed by atoms with Gasteiger partial charge in [-0.15, -0.1) is 0 Å². The molecule has 1 unspecified atom stereocenters. The van der Waals surface area contributed by atoms with Gasteiger partial charge in [0.25, 0.3) is 5.78 Å². The molecule has 0 spiro atoms. The van der Waals surface area contributed by atoms with Crippen molar-refractivity contribution in [2.45, 2.75) is 26.8 Å². The Kier molecular flexibility index (Phi) is 5.48. The average Bonchev–Trinajstić information content (AvgIpc) is 3.34. The van der Waals surface area contributed by atoms with E-state index >= 15 is 0 Å². The van der Waals surface area contributed by atoms with E-state index in [9.17, 15) is 23.5 Å². The number of aliphatic hydroxyl groups is 1. The van der Waals surface area contributed by atoms with Crippen LogP contribution in [-0.2, 0) is 9.59 Å². The monoisotopic (exact) mass is 490 g/mol. The van der Waals surface area contributed by atoms with Crippen LogP contribution in [0.5, 0.6) is 0 Å². The van der Waals surface area contributed by atoms with Gasteiger partial charge in [-0.05, 0) is 44.0 Å². The predicted octanol–water partition coefficient (Wildman–Crippen LogP) is 6.13. The molecule has 1 fully saturated rings. The summed E-state index contributed by atoms with van der Waals surface area (Å²) < 4.78 is 28.4. The summed E-state index contributed by atoms with van der Waals surface area (Å²) in [6.07, 6.45) is 0. The zero-order valence-corrected chi connectivity index (χ0v) is 19.9. The standard InChI is InChI=1S/C27H20F2N2O3S/c1-13-5-4-6-16(9-13)23-21(24(32)18-10-14(2)7-8-15(18)3)25(33)26(34)31(23)27-30-22-19(29)11-17(28)12-20(22)35-27/h4-12,23,32H,1-3H3/b24-21+. The number of hydrogen-bond acceptors (Lipinski definition) is 5. The highest BCUT2D eigenvalue weighted by atomic mass is 32.1. The fraction of sp³-hybridized carbons (Fsp3) is 0.148. The Morgan fingerprint density at radius 2 is 1.74 bits per heavy atom. The predicted molar refractivity (Wildman–Crippen MR) is 131 cm³/mol. The Morgan fingerprint density at radius 1 is 1.00 bits per heavy atom. The summed E-state index contributed by atoms with van der Waals surface area (Å²) in [5, 5.41) is 11.4. The molecule has 1 aliphatic heterocycles. The molecule has 4 aromatic rings. The van der Waals surface area contributed by atoms with Crippen LogP contribution in [0, 0.1) is 32.4 Å². The van der Waals surface area contributed by atoms with Gasteiger partial charge in [0.15, 0.2) is 10.9 Å². The second-order valence-electron chi connectivity index (χ2n) is 8.63. The number of hydrogen-bond donors (Lipinski definition) is 1. The van der Waals surface area contributed by atoms with Gasteiger partial charge in [-0.2, -0.15) is 0 Å². The normalized spacial score (nSPS) is 17.5. The van der Waals surface area contributed by atoms with Crippen molar-refractivity contribution in [1.29, 1.82) is 0 Å². The van der Waals surface area contributed by atoms with Crippen molar-refractivity contribution in [2.75, 3.05) is 4.90 Å². The summed E-state index contributed by atoms with van der Waals surface area (Å²) >= 11 is 0.904. The smallest absolute Gasteiger partial charge is 0.301 e. The van der Waals surface area contributed by atoms with E-state index in [1.54, 1.807) is 25.1 Å². The summed E-state index contributed by atoms with van der Waals surface area (Å²) in [6.45, 7) is 5.54. The molecule has 0 saturated carbocycles. The van der Waals surface area contributed by atoms with Crippen LogP contribution in [0.25, 0.3) is 16.0 Å². The van der Waals surface area contributed by atoms with E-state index in [0.717, 1.165) is 45.1 Å². The molecule has 176 valence electrons. The second-order valence-corrected chi connectivity index (χ2v) is 9.64. The molecule has 5 nitrogen and oxygen atoms in total. The molecule has 1 atom stereocenters. The Bertz CT molecular complexity index is 1570. The molecule has 1 N–H and O–H groups in total. The zero-order chi connectivity index (χ0) is 25.0. The summed E-state index contributed by atoms with van der Waals surface area (Å²) in [5.74, 6) is -3.69. The van der Waals surface area contributed by atoms with Crippen LogP contribution >= 0.6 is 11.3 Å². The third kappa shape index (κ3) is 3.80. The number of aliphatic hydroxyl groups excluding tert-OH is 1. The average molecular weight is 491 g/mol. The van der Waals surface area contributed by atoms with Crippen molar-refractivity contribution in [3.05, 3.63) is 99.6 Å². The highest BCUT2D eigenvalue weighted by molar-refractivity contribution is 7.22. The number of aryl methyl sites for hydroxylation is 3. The van der Waals surface area contributed by atoms with E-state index in [1.807, 2.05) is 38.1 Å². The number of carbonyl (C=O) groups is 2. The number of carbonyl (C=O) groups excluding carboxylic acids is 2. The highest BCUT2D eigenvalue weighted by Gasteiger charge is 2.48. The largest absolute Gasteiger partial charge is 0.507 e. The van der Waals surface area contributed by atoms with Crippen LogP contribution in [0.2, 0.25) is 0 Å². The van der Waals surface area contributed by atoms with Gasteiger partial charge in [0, 0.05) is 11.6 Å². The lowest BCUT2D eigenvalue weighted by Crippen LogP contribution is -2.29. The lowest BCUT2D eigenvalue weighted by molar-refractivity contribution is -0.132. The lowest BCUT2D eigenvalue weighted by atomic mass is 9.93. The topological polar surface area (TPSA) is 70.5 Å². The van der Waals surface area contributed by atoms with E-state index in [4.69, 9.17) is 0 Å². The van der Waals surface area contributed by atoms with E-state index < -0.39 is 29.4 Å². The quantitative estimate of drug-likeness (QED) is 0.213. The molecule has 35 heavy (non-hydrogen) atoms. The van der Waals surface area contributed by atoms with Gasteiger partial charge >= 0.3 is 5.91 Å². The first-order valence-corrected chi connectivity index (χ1v) is 11.7. The minimum Gasteiger partial charge on any atom is -0.507 e. The first-order valence-electron chi connectivity index (χ1n) is 10.9. The summed E-state index contributed by atoms with van der Waals surface area (Å²) in [7, 11) is 0. The van der Waals surface area contributed by atoms with Gasteiger partial charge < -0.3 is 5.11 Å². The third-order valence-corrected chi connectivity index (χ3v) is 7.06. The number of ketones is 1. The summed E-state index contributed by atoms with van der Waals surface area (Å²) in [4.78, 5) is 32.1. The van der Waals surface area contributed by atoms with Crippen LogP contribution in [0.3, 0.4) is 0 Å². The number of thiazole rings is 1. The number of benzene rings is 3. The van der Waals surface area contributed by atoms with Crippen LogP contribution in [0.1, 0.15) is 33.9 Å². The lowest BCUT2D eigenvalue weighted by Gasteiger charge is -2.23. The first-order chi connectivity index (χ1) is 16.7. The van der Waals surface area contributed by atoms with Gasteiger partial charge in [0.2, 0.25) is 0 Å². The van der Waals surface area contributed by atoms with Gasteiger partial charge in [0.1, 0.15) is 17.1 Å². The van der Waals surface area contributed by atoms with Crippen molar-refractivity contribution >= 4 is 44.1 Å². The summed E-state index contributed by atoms with van der Waals surface area (Å²) in [5.41, 5.74) is 3.35. The molecule has 5 rings (SSSR count). The number of rotatable bonds is 3. The van der Waals surface area contributed by atoms with Gasteiger partial charge in [-0.1, -0.05) is 58.9 Å². The molecular weight excluding hydrogens is 470 g/mol. The number of amides is 1. The number of aromatic nitrogens is 1. The van der Waals surface area contributed by atoms with Crippen molar-refractivity contribution < 1.29 is 23.5 Å². The van der Waals surface area contributed by atoms with Gasteiger partial charge in [-0.25, -0.2) is 13.8 Å². The van der Waals surface area contributed by atoms with Crippen molar-refractivity contribution in [3.8, 4) is 0 Å². The Balaban J connectivity index is 1.78. The van der Waals surface area contributed by atoms with Crippen LogP contribution in [-0.4, -0.2) is 21.8 Å². The number of anilines is 1. The van der Waals surface area contributed by atoms with E-state index in [2.05, 4.69) is 4.98 Å². The Labute approximate surface area is 204 Å². The maximum absolute atomic E-state index is 14.4. The molecule has 3 aromatic carbocycles. The molecule has 8 heteroatoms. The molecule has 0 aliphatic carbocycles. The van der Waals surface area contributed by atoms with E-state index in [1.165, 1.54) is 0 Å².